The van der Waals surface area contributed by atoms with E-state index in [-0.39, 0.29) is 23.3 Å². The van der Waals surface area contributed by atoms with Gasteiger partial charge in [-0.3, -0.25) is 9.59 Å². The van der Waals surface area contributed by atoms with Crippen LogP contribution in [0.4, 0.5) is 0 Å². The smallest absolute Gasteiger partial charge is 0.315 e. The van der Waals surface area contributed by atoms with Gasteiger partial charge in [-0.2, -0.15) is 0 Å². The number of Topliss-reactive ketones (excluding diaryl/α,β-unsaturated/α-hetero) is 1. The van der Waals surface area contributed by atoms with Gasteiger partial charge in [-0.25, -0.2) is 0 Å². The molecule has 5 heteroatoms. The first-order chi connectivity index (χ1) is 11.3. The Labute approximate surface area is 147 Å². The van der Waals surface area contributed by atoms with Crippen molar-refractivity contribution in [2.45, 2.75) is 27.7 Å². The standard InChI is InChI=1S/C19H23NO3S/c1-12-6-7-16(8-13(12)2)20-14(3)9-17(15(20)4)18(21)10-24-11-19(22)23-5/h6-9H,10-11H2,1-5H3. The second-order valence-electron chi connectivity index (χ2n) is 5.88. The molecule has 0 unspecified atom stereocenters. The largest absolute Gasteiger partial charge is 0.468 e. The third-order valence-corrected chi connectivity index (χ3v) is 5.07. The summed E-state index contributed by atoms with van der Waals surface area (Å²) in [5.41, 5.74) is 6.20. The number of carbonyl (C=O) groups excluding carboxylic acids is 2. The van der Waals surface area contributed by atoms with E-state index >= 15 is 0 Å². The van der Waals surface area contributed by atoms with Crippen molar-refractivity contribution >= 4 is 23.5 Å². The van der Waals surface area contributed by atoms with Gasteiger partial charge in [0.2, 0.25) is 0 Å². The summed E-state index contributed by atoms with van der Waals surface area (Å²) in [4.78, 5) is 23.6. The van der Waals surface area contributed by atoms with E-state index in [1.165, 1.54) is 30.0 Å². The topological polar surface area (TPSA) is 48.3 Å². The molecule has 0 saturated heterocycles. The zero-order chi connectivity index (χ0) is 17.9. The Morgan fingerprint density at radius 3 is 2.38 bits per heavy atom. The summed E-state index contributed by atoms with van der Waals surface area (Å²) < 4.78 is 6.69. The number of hydrogen-bond donors (Lipinski definition) is 0. The van der Waals surface area contributed by atoms with E-state index in [0.29, 0.717) is 5.56 Å². The number of nitrogens with zero attached hydrogens (tertiary/aromatic N) is 1. The number of ketones is 1. The van der Waals surface area contributed by atoms with Crippen LogP contribution in [-0.4, -0.2) is 34.9 Å². The normalized spacial score (nSPS) is 10.7. The summed E-state index contributed by atoms with van der Waals surface area (Å²) in [7, 11) is 1.35. The van der Waals surface area contributed by atoms with Crippen molar-refractivity contribution in [1.82, 2.24) is 4.57 Å². The third-order valence-electron chi connectivity index (χ3n) is 4.16. The van der Waals surface area contributed by atoms with Crippen LogP contribution >= 0.6 is 11.8 Å². The highest BCUT2D eigenvalue weighted by Crippen LogP contribution is 2.23. The molecule has 2 rings (SSSR count). The summed E-state index contributed by atoms with van der Waals surface area (Å²) >= 11 is 1.28. The molecule has 128 valence electrons. The van der Waals surface area contributed by atoms with Gasteiger partial charge >= 0.3 is 5.97 Å². The van der Waals surface area contributed by atoms with Gasteiger partial charge in [0.15, 0.2) is 5.78 Å². The van der Waals surface area contributed by atoms with Crippen LogP contribution in [0.1, 0.15) is 32.9 Å². The predicted molar refractivity (Wildman–Crippen MR) is 98.4 cm³/mol. The average Bonchev–Trinajstić information content (AvgIpc) is 2.84. The van der Waals surface area contributed by atoms with E-state index < -0.39 is 0 Å². The number of methoxy groups -OCH3 is 1. The Bertz CT molecular complexity index is 777. The second-order valence-corrected chi connectivity index (χ2v) is 6.87. The average molecular weight is 345 g/mol. The molecule has 0 spiro atoms. The fraction of sp³-hybridized carbons (Fsp3) is 0.368. The summed E-state index contributed by atoms with van der Waals surface area (Å²) in [6.07, 6.45) is 0. The van der Waals surface area contributed by atoms with Crippen LogP contribution in [0.3, 0.4) is 0 Å². The Morgan fingerprint density at radius 2 is 1.75 bits per heavy atom. The van der Waals surface area contributed by atoms with E-state index in [0.717, 1.165) is 17.1 Å². The van der Waals surface area contributed by atoms with Gasteiger partial charge in [0.1, 0.15) is 0 Å². The van der Waals surface area contributed by atoms with Crippen LogP contribution in [0.15, 0.2) is 24.3 Å². The fourth-order valence-corrected chi connectivity index (χ4v) is 3.40. The van der Waals surface area contributed by atoms with E-state index in [2.05, 4.69) is 41.4 Å². The van der Waals surface area contributed by atoms with Crippen LogP contribution in [0.5, 0.6) is 0 Å². The molecule has 0 amide bonds. The first-order valence-corrected chi connectivity index (χ1v) is 8.95. The molecule has 0 saturated carbocycles. The van der Waals surface area contributed by atoms with Crippen molar-refractivity contribution in [3.63, 3.8) is 0 Å². The predicted octanol–water partition coefficient (Wildman–Crippen LogP) is 3.80. The Hall–Kier alpha value is -2.01. The molecular formula is C19H23NO3S. The molecular weight excluding hydrogens is 322 g/mol. The van der Waals surface area contributed by atoms with Crippen LogP contribution in [0.2, 0.25) is 0 Å². The second kappa shape index (κ2) is 7.71. The molecule has 1 aromatic carbocycles. The maximum atomic E-state index is 12.5. The van der Waals surface area contributed by atoms with Crippen molar-refractivity contribution < 1.29 is 14.3 Å². The number of ether oxygens (including phenoxy) is 1. The molecule has 4 nitrogen and oxygen atoms in total. The molecule has 0 aliphatic heterocycles. The number of aromatic nitrogens is 1. The Balaban J connectivity index is 2.23. The van der Waals surface area contributed by atoms with Gasteiger partial charge in [-0.15, -0.1) is 11.8 Å². The first kappa shape index (κ1) is 18.3. The van der Waals surface area contributed by atoms with Gasteiger partial charge in [0.05, 0.1) is 18.6 Å². The number of aryl methyl sites for hydroxylation is 3. The lowest BCUT2D eigenvalue weighted by Crippen LogP contribution is -2.09. The fourth-order valence-electron chi connectivity index (χ4n) is 2.67. The molecule has 1 heterocycles. The summed E-state index contributed by atoms with van der Waals surface area (Å²) in [5, 5.41) is 0. The summed E-state index contributed by atoms with van der Waals surface area (Å²) in [6, 6.07) is 8.22. The monoisotopic (exact) mass is 345 g/mol. The number of thioether (sulfide) groups is 1. The molecule has 0 fully saturated rings. The lowest BCUT2D eigenvalue weighted by Gasteiger charge is -2.12. The van der Waals surface area contributed by atoms with Crippen molar-refractivity contribution in [2.24, 2.45) is 0 Å². The van der Waals surface area contributed by atoms with Crippen LogP contribution < -0.4 is 0 Å². The van der Waals surface area contributed by atoms with Crippen molar-refractivity contribution in [3.05, 3.63) is 52.3 Å². The lowest BCUT2D eigenvalue weighted by molar-refractivity contribution is -0.137. The molecule has 0 N–H and O–H groups in total. The Morgan fingerprint density at radius 1 is 1.04 bits per heavy atom. The van der Waals surface area contributed by atoms with E-state index in [1.54, 1.807) is 0 Å². The first-order valence-electron chi connectivity index (χ1n) is 7.79. The van der Waals surface area contributed by atoms with Gasteiger partial charge in [0.25, 0.3) is 0 Å². The number of carbonyl (C=O) groups is 2. The third kappa shape index (κ3) is 3.90. The summed E-state index contributed by atoms with van der Waals surface area (Å²) in [6.45, 7) is 8.13. The van der Waals surface area contributed by atoms with Crippen molar-refractivity contribution in [1.29, 1.82) is 0 Å². The molecule has 2 aromatic rings. The number of benzene rings is 1. The zero-order valence-electron chi connectivity index (χ0n) is 14.8. The molecule has 24 heavy (non-hydrogen) atoms. The van der Waals surface area contributed by atoms with E-state index in [9.17, 15) is 9.59 Å². The number of esters is 1. The molecule has 0 atom stereocenters. The minimum absolute atomic E-state index is 0.0343. The maximum Gasteiger partial charge on any atom is 0.315 e. The van der Waals surface area contributed by atoms with Crippen LogP contribution in [0.25, 0.3) is 5.69 Å². The number of hydrogen-bond acceptors (Lipinski definition) is 4. The maximum absolute atomic E-state index is 12.5. The number of rotatable bonds is 6. The van der Waals surface area contributed by atoms with Crippen molar-refractivity contribution in [3.8, 4) is 5.69 Å². The van der Waals surface area contributed by atoms with Crippen LogP contribution in [-0.2, 0) is 9.53 Å². The van der Waals surface area contributed by atoms with Crippen LogP contribution in [0, 0.1) is 27.7 Å². The minimum atomic E-state index is -0.312. The highest BCUT2D eigenvalue weighted by atomic mass is 32.2. The van der Waals surface area contributed by atoms with E-state index in [1.807, 2.05) is 19.9 Å². The quantitative estimate of drug-likeness (QED) is 0.590. The van der Waals surface area contributed by atoms with Gasteiger partial charge in [0, 0.05) is 22.6 Å². The Kier molecular flexibility index (Phi) is 5.89. The minimum Gasteiger partial charge on any atom is -0.468 e. The zero-order valence-corrected chi connectivity index (χ0v) is 15.6. The molecule has 0 bridgehead atoms. The van der Waals surface area contributed by atoms with Gasteiger partial charge in [-0.05, 0) is 57.0 Å². The SMILES string of the molecule is COC(=O)CSCC(=O)c1cc(C)n(-c2ccc(C)c(C)c2)c1C. The highest BCUT2D eigenvalue weighted by Gasteiger charge is 2.17. The molecule has 0 radical (unpaired) electrons. The van der Waals surface area contributed by atoms with Crippen molar-refractivity contribution in [2.75, 3.05) is 18.6 Å². The van der Waals surface area contributed by atoms with E-state index in [4.69, 9.17) is 0 Å². The summed E-state index contributed by atoms with van der Waals surface area (Å²) in [5.74, 6) is 0.185. The molecule has 0 aliphatic rings. The molecule has 1 aromatic heterocycles. The highest BCUT2D eigenvalue weighted by molar-refractivity contribution is 8.00. The van der Waals surface area contributed by atoms with Gasteiger partial charge < -0.3 is 9.30 Å². The lowest BCUT2D eigenvalue weighted by atomic mass is 10.1. The van der Waals surface area contributed by atoms with Gasteiger partial charge in [-0.1, -0.05) is 6.07 Å². The molecule has 0 aliphatic carbocycles.